The van der Waals surface area contributed by atoms with Crippen molar-refractivity contribution in [1.29, 1.82) is 0 Å². The number of fused-ring (bicyclic) bond motifs is 1. The van der Waals surface area contributed by atoms with Gasteiger partial charge in [0.25, 0.3) is 0 Å². The minimum absolute atomic E-state index is 0.369. The second-order valence-electron chi connectivity index (χ2n) is 3.72. The molecule has 1 heterocycles. The smallest absolute Gasteiger partial charge is 0.0750 e. The monoisotopic (exact) mass is 232 g/mol. The molecule has 2 nitrogen and oxygen atoms in total. The molecule has 16 heavy (non-hydrogen) atoms. The van der Waals surface area contributed by atoms with E-state index in [2.05, 4.69) is 40.8 Å². The average molecular weight is 232 g/mol. The predicted octanol–water partition coefficient (Wildman–Crippen LogP) is 2.86. The predicted molar refractivity (Wildman–Crippen MR) is 71.9 cm³/mol. The number of para-hydroxylation sites is 1. The zero-order valence-electron chi connectivity index (χ0n) is 9.60. The van der Waals surface area contributed by atoms with Crippen LogP contribution in [-0.4, -0.2) is 24.0 Å². The lowest BCUT2D eigenvalue weighted by atomic mass is 10.0. The maximum atomic E-state index is 4.48. The number of thioether (sulfide) groups is 1. The molecule has 0 saturated heterocycles. The highest BCUT2D eigenvalue weighted by atomic mass is 32.2. The molecule has 1 N–H and O–H groups in total. The number of hydrogen-bond donors (Lipinski definition) is 1. The summed E-state index contributed by atoms with van der Waals surface area (Å²) in [6.45, 7) is 0. The van der Waals surface area contributed by atoms with Crippen LogP contribution in [0.3, 0.4) is 0 Å². The van der Waals surface area contributed by atoms with E-state index in [1.54, 1.807) is 0 Å². The number of nitrogens with zero attached hydrogens (tertiary/aromatic N) is 1. The molecule has 0 fully saturated rings. The van der Waals surface area contributed by atoms with Crippen molar-refractivity contribution in [1.82, 2.24) is 10.3 Å². The normalized spacial score (nSPS) is 12.9. The van der Waals surface area contributed by atoms with Gasteiger partial charge in [0, 0.05) is 23.4 Å². The van der Waals surface area contributed by atoms with Crippen molar-refractivity contribution in [2.75, 3.05) is 19.1 Å². The topological polar surface area (TPSA) is 24.9 Å². The molecule has 2 aromatic rings. The van der Waals surface area contributed by atoms with Crippen LogP contribution in [-0.2, 0) is 0 Å². The Bertz CT molecular complexity index is 465. The molecule has 84 valence electrons. The number of nitrogens with one attached hydrogen (secondary N) is 1. The maximum absolute atomic E-state index is 4.48. The van der Waals surface area contributed by atoms with E-state index in [-0.39, 0.29) is 0 Å². The van der Waals surface area contributed by atoms with Crippen molar-refractivity contribution in [3.8, 4) is 0 Å². The lowest BCUT2D eigenvalue weighted by molar-refractivity contribution is 0.666. The summed E-state index contributed by atoms with van der Waals surface area (Å²) in [5.41, 5.74) is 2.40. The van der Waals surface area contributed by atoms with Gasteiger partial charge in [-0.3, -0.25) is 4.98 Å². The van der Waals surface area contributed by atoms with Crippen LogP contribution < -0.4 is 5.32 Å². The first kappa shape index (κ1) is 11.4. The van der Waals surface area contributed by atoms with Gasteiger partial charge in [0.05, 0.1) is 5.52 Å². The third-order valence-corrected chi connectivity index (χ3v) is 3.39. The van der Waals surface area contributed by atoms with Gasteiger partial charge in [0.1, 0.15) is 0 Å². The Morgan fingerprint density at radius 1 is 1.31 bits per heavy atom. The zero-order chi connectivity index (χ0) is 11.4. The molecule has 1 unspecified atom stereocenters. The van der Waals surface area contributed by atoms with E-state index in [9.17, 15) is 0 Å². The fraction of sp³-hybridized carbons (Fsp3) is 0.308. The Morgan fingerprint density at radius 3 is 2.88 bits per heavy atom. The van der Waals surface area contributed by atoms with Gasteiger partial charge in [-0.1, -0.05) is 24.3 Å². The molecule has 3 heteroatoms. The first-order chi connectivity index (χ1) is 7.86. The first-order valence-electron chi connectivity index (χ1n) is 5.36. The number of pyridine rings is 1. The summed E-state index contributed by atoms with van der Waals surface area (Å²) >= 11 is 1.85. The molecule has 0 radical (unpaired) electrons. The van der Waals surface area contributed by atoms with Gasteiger partial charge in [-0.05, 0) is 24.9 Å². The molecule has 1 aromatic heterocycles. The summed E-state index contributed by atoms with van der Waals surface area (Å²) in [6.07, 6.45) is 3.99. The van der Waals surface area contributed by atoms with Gasteiger partial charge < -0.3 is 5.32 Å². The second-order valence-corrected chi connectivity index (χ2v) is 4.63. The summed E-state index contributed by atoms with van der Waals surface area (Å²) in [5, 5.41) is 4.56. The van der Waals surface area contributed by atoms with Gasteiger partial charge in [-0.2, -0.15) is 11.8 Å². The van der Waals surface area contributed by atoms with Gasteiger partial charge in [-0.25, -0.2) is 0 Å². The Labute approximate surface area is 100 Å². The lowest BCUT2D eigenvalue weighted by Crippen LogP contribution is -2.19. The second kappa shape index (κ2) is 5.32. The Kier molecular flexibility index (Phi) is 3.80. The molecule has 1 aromatic carbocycles. The number of rotatable bonds is 4. The maximum Gasteiger partial charge on any atom is 0.0750 e. The number of hydrogen-bond acceptors (Lipinski definition) is 3. The van der Waals surface area contributed by atoms with Crippen molar-refractivity contribution in [2.24, 2.45) is 0 Å². The van der Waals surface area contributed by atoms with Gasteiger partial charge >= 0.3 is 0 Å². The molecule has 1 atom stereocenters. The summed E-state index contributed by atoms with van der Waals surface area (Å²) in [7, 11) is 2.00. The fourth-order valence-corrected chi connectivity index (χ4v) is 2.58. The molecule has 0 aliphatic carbocycles. The van der Waals surface area contributed by atoms with Gasteiger partial charge in [-0.15, -0.1) is 0 Å². The molecule has 0 aliphatic heterocycles. The van der Waals surface area contributed by atoms with Crippen LogP contribution in [0.5, 0.6) is 0 Å². The van der Waals surface area contributed by atoms with Crippen molar-refractivity contribution in [3.05, 3.63) is 42.1 Å². The minimum Gasteiger partial charge on any atom is -0.312 e. The molecular weight excluding hydrogens is 216 g/mol. The highest BCUT2D eigenvalue weighted by molar-refractivity contribution is 7.98. The van der Waals surface area contributed by atoms with Gasteiger partial charge in [0.15, 0.2) is 0 Å². The molecule has 0 aliphatic rings. The summed E-state index contributed by atoms with van der Waals surface area (Å²) in [5.74, 6) is 1.06. The lowest BCUT2D eigenvalue weighted by Gasteiger charge is -2.16. The van der Waals surface area contributed by atoms with E-state index in [1.807, 2.05) is 31.1 Å². The third-order valence-electron chi connectivity index (χ3n) is 2.72. The fourth-order valence-electron chi connectivity index (χ4n) is 1.90. The third kappa shape index (κ3) is 2.20. The minimum atomic E-state index is 0.369. The quantitative estimate of drug-likeness (QED) is 0.877. The van der Waals surface area contributed by atoms with Crippen molar-refractivity contribution >= 4 is 22.7 Å². The van der Waals surface area contributed by atoms with Crippen LogP contribution in [0, 0.1) is 0 Å². The Balaban J connectivity index is 2.50. The van der Waals surface area contributed by atoms with E-state index < -0.39 is 0 Å². The molecule has 0 amide bonds. The van der Waals surface area contributed by atoms with Crippen LogP contribution in [0.2, 0.25) is 0 Å². The summed E-state index contributed by atoms with van der Waals surface area (Å²) < 4.78 is 0. The molecule has 2 rings (SSSR count). The first-order valence-corrected chi connectivity index (χ1v) is 6.76. The molecule has 0 bridgehead atoms. The summed E-state index contributed by atoms with van der Waals surface area (Å²) in [4.78, 5) is 4.48. The molecule has 0 saturated carbocycles. The number of aromatic nitrogens is 1. The van der Waals surface area contributed by atoms with Crippen LogP contribution in [0.25, 0.3) is 10.9 Å². The molecular formula is C13H16N2S. The standard InChI is InChI=1S/C13H16N2S/c1-14-12(9-16-2)11-7-3-5-10-6-4-8-15-13(10)11/h3-8,12,14H,9H2,1-2H3. The van der Waals surface area contributed by atoms with E-state index in [0.29, 0.717) is 6.04 Å². The van der Waals surface area contributed by atoms with Crippen molar-refractivity contribution in [2.45, 2.75) is 6.04 Å². The van der Waals surface area contributed by atoms with Crippen molar-refractivity contribution < 1.29 is 0 Å². The van der Waals surface area contributed by atoms with Crippen LogP contribution in [0.1, 0.15) is 11.6 Å². The Morgan fingerprint density at radius 2 is 2.12 bits per heavy atom. The SMILES string of the molecule is CNC(CSC)c1cccc2cccnc12. The Hall–Kier alpha value is -1.06. The van der Waals surface area contributed by atoms with Gasteiger partial charge in [0.2, 0.25) is 0 Å². The van der Waals surface area contributed by atoms with E-state index in [0.717, 1.165) is 11.3 Å². The van der Waals surface area contributed by atoms with Crippen LogP contribution in [0.15, 0.2) is 36.5 Å². The van der Waals surface area contributed by atoms with E-state index in [4.69, 9.17) is 0 Å². The zero-order valence-corrected chi connectivity index (χ0v) is 10.4. The highest BCUT2D eigenvalue weighted by Gasteiger charge is 2.11. The van der Waals surface area contributed by atoms with Crippen molar-refractivity contribution in [3.63, 3.8) is 0 Å². The number of benzene rings is 1. The average Bonchev–Trinajstić information content (AvgIpc) is 2.35. The van der Waals surface area contributed by atoms with Crippen LogP contribution >= 0.6 is 11.8 Å². The largest absolute Gasteiger partial charge is 0.312 e. The van der Waals surface area contributed by atoms with Crippen LogP contribution in [0.4, 0.5) is 0 Å². The highest BCUT2D eigenvalue weighted by Crippen LogP contribution is 2.24. The van der Waals surface area contributed by atoms with E-state index >= 15 is 0 Å². The summed E-state index contributed by atoms with van der Waals surface area (Å²) in [6, 6.07) is 10.8. The van der Waals surface area contributed by atoms with E-state index in [1.165, 1.54) is 10.9 Å². The molecule has 0 spiro atoms.